The summed E-state index contributed by atoms with van der Waals surface area (Å²) in [6.07, 6.45) is 1.31. The number of hydrogen-bond donors (Lipinski definition) is 1. The zero-order chi connectivity index (χ0) is 18.4. The van der Waals surface area contributed by atoms with Gasteiger partial charge in [-0.3, -0.25) is 4.79 Å². The normalized spacial score (nSPS) is 10.5. The third-order valence-corrected chi connectivity index (χ3v) is 5.13. The summed E-state index contributed by atoms with van der Waals surface area (Å²) in [4.78, 5) is 34.5. The number of amides is 1. The quantitative estimate of drug-likeness (QED) is 0.433. The van der Waals surface area contributed by atoms with Crippen LogP contribution in [0, 0.1) is 0 Å². The molecule has 2 aromatic rings. The molecule has 2 rings (SSSR count). The van der Waals surface area contributed by atoms with Crippen LogP contribution >= 0.6 is 34.7 Å². The first-order valence-corrected chi connectivity index (χ1v) is 9.49. The van der Waals surface area contributed by atoms with Gasteiger partial charge in [-0.2, -0.15) is 0 Å². The molecule has 0 unspecified atom stereocenters. The largest absolute Gasteiger partial charge is 0.462 e. The van der Waals surface area contributed by atoms with Gasteiger partial charge in [-0.05, 0) is 19.1 Å². The number of nitrogens with zero attached hydrogens (tertiary/aromatic N) is 3. The Kier molecular flexibility index (Phi) is 7.03. The Hall–Kier alpha value is -1.84. The highest BCUT2D eigenvalue weighted by molar-refractivity contribution is 7.99. The second kappa shape index (κ2) is 9.02. The van der Waals surface area contributed by atoms with Gasteiger partial charge in [-0.1, -0.05) is 23.4 Å². The number of esters is 1. The van der Waals surface area contributed by atoms with Crippen molar-refractivity contribution in [1.82, 2.24) is 14.9 Å². The van der Waals surface area contributed by atoms with Crippen molar-refractivity contribution in [3.05, 3.63) is 33.1 Å². The maximum absolute atomic E-state index is 12.2. The second-order valence-electron chi connectivity index (χ2n) is 4.92. The van der Waals surface area contributed by atoms with E-state index in [4.69, 9.17) is 22.1 Å². The third kappa shape index (κ3) is 5.58. The Morgan fingerprint density at radius 3 is 2.80 bits per heavy atom. The van der Waals surface area contributed by atoms with Crippen molar-refractivity contribution >= 4 is 52.4 Å². The van der Waals surface area contributed by atoms with E-state index < -0.39 is 5.97 Å². The number of carbonyl (C=O) groups is 2. The Balaban J connectivity index is 1.90. The Bertz CT molecular complexity index is 769. The fourth-order valence-corrected chi connectivity index (χ4v) is 3.71. The molecular formula is C15H17ClN4O3S2. The highest BCUT2D eigenvalue weighted by Gasteiger charge is 2.16. The highest BCUT2D eigenvalue weighted by Crippen LogP contribution is 2.23. The van der Waals surface area contributed by atoms with Crippen LogP contribution in [0.3, 0.4) is 0 Å². The molecule has 0 aliphatic heterocycles. The molecule has 0 aliphatic carbocycles. The van der Waals surface area contributed by atoms with Crippen molar-refractivity contribution in [2.75, 3.05) is 25.1 Å². The molecule has 1 amide bonds. The molecule has 0 atom stereocenters. The summed E-state index contributed by atoms with van der Waals surface area (Å²) in [5.74, 6) is -0.452. The van der Waals surface area contributed by atoms with Gasteiger partial charge in [-0.15, -0.1) is 11.3 Å². The van der Waals surface area contributed by atoms with Crippen molar-refractivity contribution in [2.45, 2.75) is 18.6 Å². The van der Waals surface area contributed by atoms with Gasteiger partial charge in [-0.25, -0.2) is 14.8 Å². The van der Waals surface area contributed by atoms with Crippen LogP contribution in [0.4, 0.5) is 5.82 Å². The van der Waals surface area contributed by atoms with Crippen LogP contribution in [-0.4, -0.2) is 46.2 Å². The van der Waals surface area contributed by atoms with Crippen LogP contribution in [0.1, 0.15) is 22.2 Å². The first-order valence-electron chi connectivity index (χ1n) is 7.31. The van der Waals surface area contributed by atoms with E-state index in [-0.39, 0.29) is 29.6 Å². The van der Waals surface area contributed by atoms with Gasteiger partial charge in [0.1, 0.15) is 11.4 Å². The van der Waals surface area contributed by atoms with Crippen LogP contribution in [-0.2, 0) is 16.1 Å². The fraction of sp³-hybridized carbons (Fsp3) is 0.333. The van der Waals surface area contributed by atoms with Crippen LogP contribution in [0.25, 0.3) is 0 Å². The maximum atomic E-state index is 12.2. The lowest BCUT2D eigenvalue weighted by atomic mass is 10.3. The lowest BCUT2D eigenvalue weighted by Crippen LogP contribution is -2.27. The molecule has 0 spiro atoms. The highest BCUT2D eigenvalue weighted by atomic mass is 35.5. The summed E-state index contributed by atoms with van der Waals surface area (Å²) in [6.45, 7) is 2.43. The fourth-order valence-electron chi connectivity index (χ4n) is 1.81. The average Bonchev–Trinajstić information content (AvgIpc) is 2.97. The van der Waals surface area contributed by atoms with Crippen LogP contribution < -0.4 is 5.73 Å². The van der Waals surface area contributed by atoms with Gasteiger partial charge in [0.05, 0.1) is 23.2 Å². The summed E-state index contributed by atoms with van der Waals surface area (Å²) < 4.78 is 5.55. The zero-order valence-corrected chi connectivity index (χ0v) is 16.1. The Labute approximate surface area is 158 Å². The lowest BCUT2D eigenvalue weighted by molar-refractivity contribution is -0.127. The lowest BCUT2D eigenvalue weighted by Gasteiger charge is -2.15. The molecule has 2 heterocycles. The number of ether oxygens (including phenoxy) is 1. The van der Waals surface area contributed by atoms with E-state index in [2.05, 4.69) is 9.97 Å². The van der Waals surface area contributed by atoms with Crippen molar-refractivity contribution in [3.63, 3.8) is 0 Å². The molecule has 2 N–H and O–H groups in total. The standard InChI is InChI=1S/C15H17ClN4O3S2/c1-3-23-14(22)10-6-18-15(19-13(10)17)24-8-12(21)20(2)7-9-4-5-11(16)25-9/h4-6H,3,7-8H2,1-2H3,(H2,17,18,19). The first-order chi connectivity index (χ1) is 11.9. The monoisotopic (exact) mass is 400 g/mol. The average molecular weight is 401 g/mol. The van der Waals surface area contributed by atoms with Crippen molar-refractivity contribution in [2.24, 2.45) is 0 Å². The molecule has 0 fully saturated rings. The van der Waals surface area contributed by atoms with E-state index >= 15 is 0 Å². The Morgan fingerprint density at radius 1 is 1.44 bits per heavy atom. The number of aromatic nitrogens is 2. The molecule has 134 valence electrons. The van der Waals surface area contributed by atoms with Gasteiger partial charge < -0.3 is 15.4 Å². The van der Waals surface area contributed by atoms with Crippen LogP contribution in [0.5, 0.6) is 0 Å². The number of carbonyl (C=O) groups excluding carboxylic acids is 2. The number of thiophene rings is 1. The molecule has 0 bridgehead atoms. The SMILES string of the molecule is CCOC(=O)c1cnc(SCC(=O)N(C)Cc2ccc(Cl)s2)nc1N. The minimum Gasteiger partial charge on any atom is -0.462 e. The van der Waals surface area contributed by atoms with Gasteiger partial charge in [0, 0.05) is 18.1 Å². The van der Waals surface area contributed by atoms with Gasteiger partial charge in [0.15, 0.2) is 5.16 Å². The summed E-state index contributed by atoms with van der Waals surface area (Å²) >= 11 is 8.47. The Morgan fingerprint density at radius 2 is 2.20 bits per heavy atom. The van der Waals surface area contributed by atoms with Gasteiger partial charge in [0.25, 0.3) is 0 Å². The third-order valence-electron chi connectivity index (χ3n) is 3.06. The number of nitrogens with two attached hydrogens (primary N) is 1. The zero-order valence-electron chi connectivity index (χ0n) is 13.7. The summed E-state index contributed by atoms with van der Waals surface area (Å²) in [5.41, 5.74) is 5.87. The minimum absolute atomic E-state index is 0.0324. The summed E-state index contributed by atoms with van der Waals surface area (Å²) in [5, 5.41) is 0.325. The predicted molar refractivity (Wildman–Crippen MR) is 98.9 cm³/mol. The minimum atomic E-state index is -0.568. The molecular weight excluding hydrogens is 384 g/mol. The number of rotatable bonds is 7. The second-order valence-corrected chi connectivity index (χ2v) is 7.66. The molecule has 7 nitrogen and oxygen atoms in total. The predicted octanol–water partition coefficient (Wildman–Crippen LogP) is 2.70. The summed E-state index contributed by atoms with van der Waals surface area (Å²) in [7, 11) is 1.72. The molecule has 25 heavy (non-hydrogen) atoms. The van der Waals surface area contributed by atoms with E-state index in [9.17, 15) is 9.59 Å². The molecule has 0 saturated carbocycles. The van der Waals surface area contributed by atoms with Crippen molar-refractivity contribution in [3.8, 4) is 0 Å². The van der Waals surface area contributed by atoms with Crippen LogP contribution in [0.15, 0.2) is 23.5 Å². The molecule has 2 aromatic heterocycles. The molecule has 0 radical (unpaired) electrons. The van der Waals surface area contributed by atoms with Crippen molar-refractivity contribution < 1.29 is 14.3 Å². The number of halogens is 1. The van der Waals surface area contributed by atoms with E-state index in [1.807, 2.05) is 6.07 Å². The molecule has 0 saturated heterocycles. The molecule has 10 heteroatoms. The first kappa shape index (κ1) is 19.5. The van der Waals surface area contributed by atoms with E-state index in [1.54, 1.807) is 24.9 Å². The topological polar surface area (TPSA) is 98.4 Å². The maximum Gasteiger partial charge on any atom is 0.343 e. The number of thioether (sulfide) groups is 1. The van der Waals surface area contributed by atoms with E-state index in [0.717, 1.165) is 16.6 Å². The van der Waals surface area contributed by atoms with Gasteiger partial charge >= 0.3 is 5.97 Å². The van der Waals surface area contributed by atoms with Crippen LogP contribution in [0.2, 0.25) is 4.34 Å². The smallest absolute Gasteiger partial charge is 0.343 e. The molecule has 0 aromatic carbocycles. The number of anilines is 1. The molecule has 0 aliphatic rings. The van der Waals surface area contributed by atoms with E-state index in [1.165, 1.54) is 17.5 Å². The number of hydrogen-bond acceptors (Lipinski definition) is 8. The number of nitrogen functional groups attached to an aromatic ring is 1. The van der Waals surface area contributed by atoms with Gasteiger partial charge in [0.2, 0.25) is 5.91 Å². The van der Waals surface area contributed by atoms with E-state index in [0.29, 0.717) is 16.0 Å². The summed E-state index contributed by atoms with van der Waals surface area (Å²) in [6, 6.07) is 3.69. The van der Waals surface area contributed by atoms with Crippen molar-refractivity contribution in [1.29, 1.82) is 0 Å².